The molecule has 4 heteroatoms. The van der Waals surface area contributed by atoms with E-state index in [-0.39, 0.29) is 5.92 Å². The van der Waals surface area contributed by atoms with E-state index in [2.05, 4.69) is 139 Å². The lowest BCUT2D eigenvalue weighted by Gasteiger charge is -2.30. The number of benzene rings is 3. The summed E-state index contributed by atoms with van der Waals surface area (Å²) >= 11 is 0. The number of ether oxygens (including phenoxy) is 1. The summed E-state index contributed by atoms with van der Waals surface area (Å²) in [4.78, 5) is 2.34. The Labute approximate surface area is 254 Å². The second-order valence-electron chi connectivity index (χ2n) is 9.09. The average molecular weight is 567 g/mol. The van der Waals surface area contributed by atoms with Crippen molar-refractivity contribution >= 4 is 10.9 Å². The molecule has 0 saturated carbocycles. The molecule has 1 aliphatic heterocycles. The van der Waals surface area contributed by atoms with Gasteiger partial charge >= 0.3 is 0 Å². The van der Waals surface area contributed by atoms with Gasteiger partial charge in [0.05, 0.1) is 12.1 Å². The summed E-state index contributed by atoms with van der Waals surface area (Å²) in [5.41, 5.74) is 6.32. The number of nitrogens with zero attached hydrogens (tertiary/aromatic N) is 2. The molecule has 5 rings (SSSR count). The van der Waals surface area contributed by atoms with Crippen LogP contribution in [0, 0.1) is 0 Å². The van der Waals surface area contributed by atoms with Gasteiger partial charge in [-0.1, -0.05) is 114 Å². The largest absolute Gasteiger partial charge is 0.491 e. The fourth-order valence-corrected chi connectivity index (χ4v) is 5.05. The Hall–Kier alpha value is -4.02. The Balaban J connectivity index is 0.000000966. The van der Waals surface area contributed by atoms with Crippen LogP contribution in [0.2, 0.25) is 0 Å². The number of fused-ring (bicyclic) bond motifs is 1. The summed E-state index contributed by atoms with van der Waals surface area (Å²) in [6.45, 7) is 14.7. The van der Waals surface area contributed by atoms with Crippen LogP contribution >= 0.6 is 0 Å². The third kappa shape index (κ3) is 8.74. The van der Waals surface area contributed by atoms with E-state index in [1.165, 1.54) is 33.3 Å². The fourth-order valence-electron chi connectivity index (χ4n) is 5.05. The summed E-state index contributed by atoms with van der Waals surface area (Å²) in [6.07, 6.45) is 12.2. The molecule has 0 atom stereocenters. The van der Waals surface area contributed by atoms with Gasteiger partial charge in [-0.25, -0.2) is 0 Å². The molecule has 1 N–H and O–H groups in total. The Morgan fingerprint density at radius 2 is 1.38 bits per heavy atom. The van der Waals surface area contributed by atoms with Gasteiger partial charge < -0.3 is 19.3 Å². The van der Waals surface area contributed by atoms with Crippen LogP contribution < -0.4 is 4.74 Å². The van der Waals surface area contributed by atoms with E-state index in [1.54, 1.807) is 0 Å². The van der Waals surface area contributed by atoms with E-state index < -0.39 is 0 Å². The predicted octanol–water partition coefficient (Wildman–Crippen LogP) is 9.58. The van der Waals surface area contributed by atoms with Crippen LogP contribution in [-0.2, 0) is 6.54 Å². The molecular weight excluding hydrogens is 516 g/mol. The van der Waals surface area contributed by atoms with Crippen LogP contribution in [0.5, 0.6) is 5.75 Å². The van der Waals surface area contributed by atoms with Gasteiger partial charge in [-0.2, -0.15) is 0 Å². The molecule has 0 saturated heterocycles. The van der Waals surface area contributed by atoms with Gasteiger partial charge in [0.15, 0.2) is 0 Å². The molecule has 4 nitrogen and oxygen atoms in total. The molecular formula is C38H50N2O2. The molecule has 0 amide bonds. The molecule has 0 fully saturated rings. The van der Waals surface area contributed by atoms with E-state index in [0.29, 0.717) is 6.61 Å². The number of aromatic nitrogens is 1. The first-order chi connectivity index (χ1) is 20.8. The monoisotopic (exact) mass is 566 g/mol. The van der Waals surface area contributed by atoms with Gasteiger partial charge in [-0.3, -0.25) is 0 Å². The second-order valence-corrected chi connectivity index (χ2v) is 9.09. The molecule has 3 aromatic carbocycles. The highest BCUT2D eigenvalue weighted by molar-refractivity contribution is 5.86. The summed E-state index contributed by atoms with van der Waals surface area (Å²) in [5, 5.41) is 8.17. The highest BCUT2D eigenvalue weighted by atomic mass is 16.5. The van der Waals surface area contributed by atoms with Crippen molar-refractivity contribution < 1.29 is 9.84 Å². The van der Waals surface area contributed by atoms with Crippen molar-refractivity contribution in [1.29, 1.82) is 0 Å². The van der Waals surface area contributed by atoms with Gasteiger partial charge in [0, 0.05) is 43.1 Å². The number of rotatable bonds is 9. The lowest BCUT2D eigenvalue weighted by Crippen LogP contribution is -2.25. The quantitative estimate of drug-likeness (QED) is 0.219. The SMILES string of the molecule is CC.CC.CC/C=C1/C=CC(C(c2ccccc2)c2ccccc2)=CN1CCOc1cccc2c1ccn2CC.CO. The molecule has 2 heterocycles. The van der Waals surface area contributed by atoms with E-state index in [4.69, 9.17) is 9.84 Å². The van der Waals surface area contributed by atoms with Crippen LogP contribution in [-0.4, -0.2) is 34.8 Å². The van der Waals surface area contributed by atoms with Gasteiger partial charge in [0.1, 0.15) is 12.4 Å². The maximum Gasteiger partial charge on any atom is 0.128 e. The first kappa shape index (κ1) is 34.2. The minimum absolute atomic E-state index is 0.179. The normalized spacial score (nSPS) is 12.9. The van der Waals surface area contributed by atoms with Crippen LogP contribution in [0.15, 0.2) is 127 Å². The molecule has 0 radical (unpaired) electrons. The standard InChI is InChI=1S/C33H34N2O.2C2H6.CH4O/c1-3-12-29-20-19-28(33(26-13-7-5-8-14-26)27-15-9-6-10-16-27)25-35(29)23-24-36-32-18-11-17-31-30(32)21-22-34(31)4-2;3*1-2/h5-22,25,33H,3-4,23-24H2,1-2H3;2*1-2H3;2H,1H3/b29-12-;;;. The summed E-state index contributed by atoms with van der Waals surface area (Å²) in [7, 11) is 1.00. The van der Waals surface area contributed by atoms with Crippen LogP contribution in [0.3, 0.4) is 0 Å². The molecule has 0 spiro atoms. The smallest absolute Gasteiger partial charge is 0.128 e. The zero-order chi connectivity index (χ0) is 30.7. The molecule has 1 aromatic heterocycles. The number of hydrogen-bond donors (Lipinski definition) is 1. The molecule has 42 heavy (non-hydrogen) atoms. The van der Waals surface area contributed by atoms with Crippen LogP contribution in [0.25, 0.3) is 10.9 Å². The number of aliphatic hydroxyl groups is 1. The minimum Gasteiger partial charge on any atom is -0.491 e. The summed E-state index contributed by atoms with van der Waals surface area (Å²) in [6, 6.07) is 30.0. The maximum absolute atomic E-state index is 7.00. The van der Waals surface area contributed by atoms with Crippen LogP contribution in [0.4, 0.5) is 0 Å². The lowest BCUT2D eigenvalue weighted by molar-refractivity contribution is 0.280. The Kier molecular flexibility index (Phi) is 15.6. The van der Waals surface area contributed by atoms with Crippen molar-refractivity contribution in [3.8, 4) is 5.75 Å². The van der Waals surface area contributed by atoms with Gasteiger partial charge in [-0.05, 0) is 54.3 Å². The molecule has 0 unspecified atom stereocenters. The van der Waals surface area contributed by atoms with Crippen molar-refractivity contribution in [3.05, 3.63) is 138 Å². The highest BCUT2D eigenvalue weighted by Gasteiger charge is 2.21. The molecule has 4 aromatic rings. The Morgan fingerprint density at radius 3 is 1.95 bits per heavy atom. The zero-order valence-electron chi connectivity index (χ0n) is 26.6. The average Bonchev–Trinajstić information content (AvgIpc) is 3.50. The van der Waals surface area contributed by atoms with Crippen molar-refractivity contribution in [2.45, 2.75) is 60.4 Å². The van der Waals surface area contributed by atoms with Crippen molar-refractivity contribution in [2.24, 2.45) is 0 Å². The zero-order valence-corrected chi connectivity index (χ0v) is 26.6. The van der Waals surface area contributed by atoms with Crippen molar-refractivity contribution in [1.82, 2.24) is 9.47 Å². The van der Waals surface area contributed by atoms with Crippen molar-refractivity contribution in [3.63, 3.8) is 0 Å². The lowest BCUT2D eigenvalue weighted by atomic mass is 9.84. The molecule has 0 aliphatic carbocycles. The molecule has 0 bridgehead atoms. The topological polar surface area (TPSA) is 37.6 Å². The van der Waals surface area contributed by atoms with Crippen molar-refractivity contribution in [2.75, 3.05) is 20.3 Å². The Bertz CT molecular complexity index is 1350. The second kappa shape index (κ2) is 19.2. The third-order valence-corrected chi connectivity index (χ3v) is 6.80. The van der Waals surface area contributed by atoms with Gasteiger partial charge in [0.25, 0.3) is 0 Å². The highest BCUT2D eigenvalue weighted by Crippen LogP contribution is 2.35. The number of aliphatic hydroxyl groups excluding tert-OH is 1. The third-order valence-electron chi connectivity index (χ3n) is 6.80. The number of hydrogen-bond acceptors (Lipinski definition) is 3. The molecule has 224 valence electrons. The first-order valence-corrected chi connectivity index (χ1v) is 15.4. The number of aryl methyl sites for hydroxylation is 1. The number of allylic oxidation sites excluding steroid dienone is 4. The minimum atomic E-state index is 0.179. The van der Waals surface area contributed by atoms with E-state index in [1.807, 2.05) is 27.7 Å². The fraction of sp³-hybridized carbons (Fsp3) is 0.316. The summed E-state index contributed by atoms with van der Waals surface area (Å²) in [5.74, 6) is 1.13. The first-order valence-electron chi connectivity index (χ1n) is 15.4. The molecule has 1 aliphatic rings. The van der Waals surface area contributed by atoms with Gasteiger partial charge in [-0.15, -0.1) is 0 Å². The van der Waals surface area contributed by atoms with E-state index >= 15 is 0 Å². The summed E-state index contributed by atoms with van der Waals surface area (Å²) < 4.78 is 8.59. The predicted molar refractivity (Wildman–Crippen MR) is 181 cm³/mol. The Morgan fingerprint density at radius 1 is 0.762 bits per heavy atom. The van der Waals surface area contributed by atoms with Gasteiger partial charge in [0.2, 0.25) is 0 Å². The van der Waals surface area contributed by atoms with E-state index in [0.717, 1.165) is 32.4 Å². The maximum atomic E-state index is 7.00. The van der Waals surface area contributed by atoms with Crippen LogP contribution in [0.1, 0.15) is 65.0 Å². The van der Waals surface area contributed by atoms with E-state index in [9.17, 15) is 0 Å².